The molecular weight excluding hydrogens is 428 g/mol. The molecule has 0 bridgehead atoms. The Morgan fingerprint density at radius 1 is 1.19 bits per heavy atom. The van der Waals surface area contributed by atoms with Gasteiger partial charge in [0.15, 0.2) is 5.13 Å². The standard InChI is InChI=1S/C23H24N4O4S/c1-14-18(9-10-31-14)21(29)27-23-25-17(13-32-23)12-20(28)26-19(22(30)24-16-7-8-16)11-15-5-3-2-4-6-15/h2-6,9-10,13,16,19H,7-8,11-12H2,1H3,(H,24,30)(H,26,28)(H,25,27,29). The highest BCUT2D eigenvalue weighted by Gasteiger charge is 2.28. The fraction of sp³-hybridized carbons (Fsp3) is 0.304. The number of rotatable bonds is 9. The van der Waals surface area contributed by atoms with Gasteiger partial charge in [-0.05, 0) is 31.4 Å². The van der Waals surface area contributed by atoms with Gasteiger partial charge in [-0.15, -0.1) is 11.3 Å². The SMILES string of the molecule is Cc1occc1C(=O)Nc1nc(CC(=O)NC(Cc2ccccc2)C(=O)NC2CC2)cs1. The number of hydrogen-bond acceptors (Lipinski definition) is 6. The van der Waals surface area contributed by atoms with Crippen molar-refractivity contribution in [2.75, 3.05) is 5.32 Å². The number of benzene rings is 1. The largest absolute Gasteiger partial charge is 0.469 e. The van der Waals surface area contributed by atoms with Crippen LogP contribution in [0.4, 0.5) is 5.13 Å². The third-order valence-electron chi connectivity index (χ3n) is 5.08. The highest BCUT2D eigenvalue weighted by Crippen LogP contribution is 2.20. The minimum atomic E-state index is -0.660. The topological polar surface area (TPSA) is 113 Å². The van der Waals surface area contributed by atoms with Crippen LogP contribution in [-0.4, -0.2) is 34.8 Å². The predicted molar refractivity (Wildman–Crippen MR) is 120 cm³/mol. The summed E-state index contributed by atoms with van der Waals surface area (Å²) >= 11 is 1.23. The third kappa shape index (κ3) is 5.82. The summed E-state index contributed by atoms with van der Waals surface area (Å²) in [6.07, 6.45) is 3.83. The zero-order valence-electron chi connectivity index (χ0n) is 17.6. The maximum atomic E-state index is 12.7. The Bertz CT molecular complexity index is 1100. The first-order valence-corrected chi connectivity index (χ1v) is 11.3. The first-order chi connectivity index (χ1) is 15.5. The summed E-state index contributed by atoms with van der Waals surface area (Å²) in [7, 11) is 0. The fourth-order valence-electron chi connectivity index (χ4n) is 3.23. The molecule has 1 unspecified atom stereocenters. The Labute approximate surface area is 189 Å². The minimum absolute atomic E-state index is 0.0130. The van der Waals surface area contributed by atoms with Gasteiger partial charge in [-0.25, -0.2) is 4.98 Å². The number of carbonyl (C=O) groups excluding carboxylic acids is 3. The molecule has 1 aliphatic carbocycles. The van der Waals surface area contributed by atoms with Crippen LogP contribution >= 0.6 is 11.3 Å². The number of thiazole rings is 1. The van der Waals surface area contributed by atoms with E-state index in [2.05, 4.69) is 20.9 Å². The smallest absolute Gasteiger partial charge is 0.260 e. The molecule has 1 aromatic carbocycles. The zero-order valence-corrected chi connectivity index (χ0v) is 18.4. The van der Waals surface area contributed by atoms with Crippen molar-refractivity contribution in [2.45, 2.75) is 44.7 Å². The maximum absolute atomic E-state index is 12.7. The van der Waals surface area contributed by atoms with Crippen molar-refractivity contribution in [3.63, 3.8) is 0 Å². The van der Waals surface area contributed by atoms with Crippen LogP contribution in [0, 0.1) is 6.92 Å². The van der Waals surface area contributed by atoms with E-state index in [0.717, 1.165) is 18.4 Å². The van der Waals surface area contributed by atoms with Gasteiger partial charge in [-0.3, -0.25) is 19.7 Å². The lowest BCUT2D eigenvalue weighted by Gasteiger charge is -2.18. The van der Waals surface area contributed by atoms with Gasteiger partial charge >= 0.3 is 0 Å². The van der Waals surface area contributed by atoms with Crippen LogP contribution in [0.15, 0.2) is 52.5 Å². The van der Waals surface area contributed by atoms with Crippen LogP contribution in [0.2, 0.25) is 0 Å². The van der Waals surface area contributed by atoms with Crippen molar-refractivity contribution in [3.05, 3.63) is 70.6 Å². The highest BCUT2D eigenvalue weighted by atomic mass is 32.1. The Morgan fingerprint density at radius 3 is 2.66 bits per heavy atom. The number of aromatic nitrogens is 1. The highest BCUT2D eigenvalue weighted by molar-refractivity contribution is 7.14. The second-order valence-corrected chi connectivity index (χ2v) is 8.62. The molecule has 0 aliphatic heterocycles. The molecule has 1 saturated carbocycles. The normalized spacial score (nSPS) is 13.9. The molecule has 2 aromatic heterocycles. The number of hydrogen-bond donors (Lipinski definition) is 3. The summed E-state index contributed by atoms with van der Waals surface area (Å²) in [6, 6.07) is 10.7. The van der Waals surface area contributed by atoms with E-state index in [1.165, 1.54) is 17.6 Å². The van der Waals surface area contributed by atoms with Gasteiger partial charge in [0, 0.05) is 17.8 Å². The molecule has 1 fully saturated rings. The molecule has 1 atom stereocenters. The summed E-state index contributed by atoms with van der Waals surface area (Å²) in [4.78, 5) is 41.9. The molecule has 4 rings (SSSR count). The maximum Gasteiger partial charge on any atom is 0.260 e. The number of furan rings is 1. The fourth-order valence-corrected chi connectivity index (χ4v) is 3.93. The molecular formula is C23H24N4O4S. The molecule has 3 amide bonds. The number of amides is 3. The van der Waals surface area contributed by atoms with Gasteiger partial charge in [0.1, 0.15) is 11.8 Å². The number of aryl methyl sites for hydroxylation is 1. The first kappa shape index (κ1) is 21.8. The van der Waals surface area contributed by atoms with Gasteiger partial charge in [-0.2, -0.15) is 0 Å². The van der Waals surface area contributed by atoms with Gasteiger partial charge in [-0.1, -0.05) is 30.3 Å². The van der Waals surface area contributed by atoms with Crippen molar-refractivity contribution in [3.8, 4) is 0 Å². The molecule has 166 valence electrons. The molecule has 3 N–H and O–H groups in total. The lowest BCUT2D eigenvalue weighted by atomic mass is 10.0. The van der Waals surface area contributed by atoms with Crippen molar-refractivity contribution in [1.82, 2.24) is 15.6 Å². The van der Waals surface area contributed by atoms with E-state index in [-0.39, 0.29) is 30.2 Å². The molecule has 32 heavy (non-hydrogen) atoms. The number of anilines is 1. The predicted octanol–water partition coefficient (Wildman–Crippen LogP) is 2.85. The second kappa shape index (κ2) is 9.78. The van der Waals surface area contributed by atoms with Crippen LogP contribution in [0.3, 0.4) is 0 Å². The third-order valence-corrected chi connectivity index (χ3v) is 5.88. The second-order valence-electron chi connectivity index (χ2n) is 7.76. The van der Waals surface area contributed by atoms with E-state index in [1.807, 2.05) is 30.3 Å². The van der Waals surface area contributed by atoms with Crippen LogP contribution in [0.5, 0.6) is 0 Å². The Balaban J connectivity index is 1.35. The molecule has 0 spiro atoms. The van der Waals surface area contributed by atoms with Crippen LogP contribution < -0.4 is 16.0 Å². The van der Waals surface area contributed by atoms with E-state index in [1.54, 1.807) is 18.4 Å². The summed E-state index contributed by atoms with van der Waals surface area (Å²) in [5.74, 6) is -0.272. The molecule has 3 aromatic rings. The summed E-state index contributed by atoms with van der Waals surface area (Å²) in [5.41, 5.74) is 1.93. The Morgan fingerprint density at radius 2 is 1.97 bits per heavy atom. The van der Waals surface area contributed by atoms with Gasteiger partial charge in [0.05, 0.1) is 23.9 Å². The van der Waals surface area contributed by atoms with Gasteiger partial charge < -0.3 is 15.1 Å². The monoisotopic (exact) mass is 452 g/mol. The summed E-state index contributed by atoms with van der Waals surface area (Å²) in [6.45, 7) is 1.71. The van der Waals surface area contributed by atoms with E-state index in [9.17, 15) is 14.4 Å². The first-order valence-electron chi connectivity index (χ1n) is 10.4. The van der Waals surface area contributed by atoms with Gasteiger partial charge in [0.2, 0.25) is 11.8 Å². The lowest BCUT2D eigenvalue weighted by molar-refractivity contribution is -0.128. The van der Waals surface area contributed by atoms with Gasteiger partial charge in [0.25, 0.3) is 5.91 Å². The summed E-state index contributed by atoms with van der Waals surface area (Å²) in [5, 5.41) is 10.6. The zero-order chi connectivity index (χ0) is 22.5. The molecule has 0 radical (unpaired) electrons. The van der Waals surface area contributed by atoms with Crippen molar-refractivity contribution >= 4 is 34.2 Å². The molecule has 9 heteroatoms. The minimum Gasteiger partial charge on any atom is -0.469 e. The van der Waals surface area contributed by atoms with E-state index in [4.69, 9.17) is 4.42 Å². The van der Waals surface area contributed by atoms with E-state index >= 15 is 0 Å². The lowest BCUT2D eigenvalue weighted by Crippen LogP contribution is -2.49. The summed E-state index contributed by atoms with van der Waals surface area (Å²) < 4.78 is 5.14. The Kier molecular flexibility index (Phi) is 6.65. The number of nitrogens with zero attached hydrogens (tertiary/aromatic N) is 1. The molecule has 0 saturated heterocycles. The molecule has 2 heterocycles. The quantitative estimate of drug-likeness (QED) is 0.462. The van der Waals surface area contributed by atoms with E-state index < -0.39 is 6.04 Å². The average molecular weight is 453 g/mol. The average Bonchev–Trinajstić information content (AvgIpc) is 3.30. The number of nitrogens with one attached hydrogen (secondary N) is 3. The van der Waals surface area contributed by atoms with Crippen LogP contribution in [0.1, 0.15) is 40.2 Å². The van der Waals surface area contributed by atoms with Crippen LogP contribution in [0.25, 0.3) is 0 Å². The van der Waals surface area contributed by atoms with Crippen molar-refractivity contribution < 1.29 is 18.8 Å². The number of carbonyl (C=O) groups is 3. The molecule has 1 aliphatic rings. The van der Waals surface area contributed by atoms with Crippen molar-refractivity contribution in [2.24, 2.45) is 0 Å². The van der Waals surface area contributed by atoms with Crippen molar-refractivity contribution in [1.29, 1.82) is 0 Å². The molecule has 8 nitrogen and oxygen atoms in total. The van der Waals surface area contributed by atoms with Crippen LogP contribution in [-0.2, 0) is 22.4 Å². The van der Waals surface area contributed by atoms with E-state index in [0.29, 0.717) is 28.6 Å². The Hall–Kier alpha value is -3.46.